The van der Waals surface area contributed by atoms with Crippen molar-refractivity contribution < 1.29 is 5.11 Å². The Bertz CT molecular complexity index is 368. The molecule has 0 bridgehead atoms. The average molecular weight is 218 g/mol. The quantitative estimate of drug-likeness (QED) is 0.822. The van der Waals surface area contributed by atoms with E-state index in [0.29, 0.717) is 0 Å². The molecule has 1 aromatic heterocycles. The van der Waals surface area contributed by atoms with Crippen LogP contribution < -0.4 is 4.90 Å². The van der Waals surface area contributed by atoms with Crippen molar-refractivity contribution in [2.24, 2.45) is 11.8 Å². The van der Waals surface area contributed by atoms with Gasteiger partial charge in [0.25, 0.3) is 0 Å². The van der Waals surface area contributed by atoms with E-state index in [-0.39, 0.29) is 6.61 Å². The van der Waals surface area contributed by atoms with Crippen LogP contribution >= 0.6 is 0 Å². The second-order valence-electron chi connectivity index (χ2n) is 5.02. The highest BCUT2D eigenvalue weighted by Gasteiger charge is 2.36. The maximum atomic E-state index is 9.09. The summed E-state index contributed by atoms with van der Waals surface area (Å²) in [6.45, 7) is 2.42. The van der Waals surface area contributed by atoms with Gasteiger partial charge in [0, 0.05) is 25.0 Å². The number of rotatable bonds is 2. The second-order valence-corrected chi connectivity index (χ2v) is 5.02. The zero-order valence-corrected chi connectivity index (χ0v) is 9.47. The van der Waals surface area contributed by atoms with E-state index in [9.17, 15) is 0 Å². The topological polar surface area (TPSA) is 36.4 Å². The molecule has 16 heavy (non-hydrogen) atoms. The largest absolute Gasteiger partial charge is 0.390 e. The number of aliphatic hydroxyl groups is 1. The first-order chi connectivity index (χ1) is 7.86. The second kappa shape index (κ2) is 4.06. The smallest absolute Gasteiger partial charge is 0.0853 e. The minimum absolute atomic E-state index is 0.0362. The Labute approximate surface area is 96.1 Å². The number of nitrogens with zero attached hydrogens (tertiary/aromatic N) is 2. The van der Waals surface area contributed by atoms with Crippen LogP contribution in [0.15, 0.2) is 18.3 Å². The van der Waals surface area contributed by atoms with Crippen LogP contribution in [0.1, 0.15) is 25.0 Å². The van der Waals surface area contributed by atoms with Crippen LogP contribution in [-0.2, 0) is 6.61 Å². The summed E-state index contributed by atoms with van der Waals surface area (Å²) >= 11 is 0. The van der Waals surface area contributed by atoms with Crippen LogP contribution in [0.2, 0.25) is 0 Å². The number of pyridine rings is 1. The van der Waals surface area contributed by atoms with E-state index in [0.717, 1.165) is 17.5 Å². The summed E-state index contributed by atoms with van der Waals surface area (Å²) in [5.41, 5.74) is 2.00. The van der Waals surface area contributed by atoms with Gasteiger partial charge < -0.3 is 10.0 Å². The van der Waals surface area contributed by atoms with E-state index in [4.69, 9.17) is 5.11 Å². The summed E-state index contributed by atoms with van der Waals surface area (Å²) in [4.78, 5) is 6.58. The zero-order chi connectivity index (χ0) is 11.0. The molecule has 1 aromatic rings. The average Bonchev–Trinajstić information content (AvgIpc) is 2.89. The first kappa shape index (κ1) is 10.1. The summed E-state index contributed by atoms with van der Waals surface area (Å²) < 4.78 is 0. The van der Waals surface area contributed by atoms with Gasteiger partial charge in [0.15, 0.2) is 0 Å². The Morgan fingerprint density at radius 2 is 2.06 bits per heavy atom. The fourth-order valence-electron chi connectivity index (χ4n) is 3.19. The summed E-state index contributed by atoms with van der Waals surface area (Å²) in [6, 6.07) is 4.07. The van der Waals surface area contributed by atoms with Crippen molar-refractivity contribution in [2.45, 2.75) is 25.9 Å². The Balaban J connectivity index is 1.78. The molecular weight excluding hydrogens is 200 g/mol. The number of anilines is 1. The molecule has 0 amide bonds. The third-order valence-electron chi connectivity index (χ3n) is 4.05. The molecule has 0 aromatic carbocycles. The summed E-state index contributed by atoms with van der Waals surface area (Å²) in [5.74, 6) is 1.82. The zero-order valence-electron chi connectivity index (χ0n) is 9.47. The number of aliphatic hydroxyl groups excluding tert-OH is 1. The standard InChI is InChI=1S/C13H18N2O/c16-9-12-6-13(4-5-14-12)15-7-10-2-1-3-11(10)8-15/h4-6,10-11,16H,1-3,7-9H2. The molecule has 0 spiro atoms. The predicted molar refractivity (Wildman–Crippen MR) is 63.2 cm³/mol. The minimum Gasteiger partial charge on any atom is -0.390 e. The fraction of sp³-hybridized carbons (Fsp3) is 0.615. The Morgan fingerprint density at radius 3 is 2.75 bits per heavy atom. The highest BCUT2D eigenvalue weighted by atomic mass is 16.3. The van der Waals surface area contributed by atoms with Crippen molar-refractivity contribution in [3.05, 3.63) is 24.0 Å². The lowest BCUT2D eigenvalue weighted by Crippen LogP contribution is -2.20. The van der Waals surface area contributed by atoms with Crippen LogP contribution in [-0.4, -0.2) is 23.2 Å². The van der Waals surface area contributed by atoms with Crippen LogP contribution in [0.4, 0.5) is 5.69 Å². The SMILES string of the molecule is OCc1cc(N2CC3CCCC3C2)ccn1. The fourth-order valence-corrected chi connectivity index (χ4v) is 3.19. The Hall–Kier alpha value is -1.09. The van der Waals surface area contributed by atoms with Gasteiger partial charge in [-0.15, -0.1) is 0 Å². The van der Waals surface area contributed by atoms with Gasteiger partial charge >= 0.3 is 0 Å². The minimum atomic E-state index is 0.0362. The monoisotopic (exact) mass is 218 g/mol. The molecule has 3 heteroatoms. The van der Waals surface area contributed by atoms with Crippen molar-refractivity contribution in [2.75, 3.05) is 18.0 Å². The predicted octanol–water partition coefficient (Wildman–Crippen LogP) is 1.81. The van der Waals surface area contributed by atoms with Crippen molar-refractivity contribution in [1.82, 2.24) is 4.98 Å². The normalized spacial score (nSPS) is 28.4. The van der Waals surface area contributed by atoms with Crippen molar-refractivity contribution >= 4 is 5.69 Å². The van der Waals surface area contributed by atoms with Gasteiger partial charge in [-0.3, -0.25) is 4.98 Å². The van der Waals surface area contributed by atoms with E-state index >= 15 is 0 Å². The molecule has 2 unspecified atom stereocenters. The number of fused-ring (bicyclic) bond motifs is 1. The first-order valence-corrected chi connectivity index (χ1v) is 6.17. The molecular formula is C13H18N2O. The van der Waals surface area contributed by atoms with Crippen LogP contribution in [0.5, 0.6) is 0 Å². The van der Waals surface area contributed by atoms with Crippen LogP contribution in [0.3, 0.4) is 0 Å². The van der Waals surface area contributed by atoms with E-state index in [1.165, 1.54) is 38.0 Å². The molecule has 2 fully saturated rings. The third-order valence-corrected chi connectivity index (χ3v) is 4.05. The molecule has 3 rings (SSSR count). The van der Waals surface area contributed by atoms with Crippen LogP contribution in [0, 0.1) is 11.8 Å². The van der Waals surface area contributed by atoms with Gasteiger partial charge in [-0.2, -0.15) is 0 Å². The van der Waals surface area contributed by atoms with Gasteiger partial charge in [0.05, 0.1) is 12.3 Å². The summed E-state index contributed by atoms with van der Waals surface area (Å²) in [5, 5.41) is 9.09. The number of hydrogen-bond acceptors (Lipinski definition) is 3. The first-order valence-electron chi connectivity index (χ1n) is 6.17. The molecule has 1 saturated carbocycles. The van der Waals surface area contributed by atoms with E-state index in [2.05, 4.69) is 16.0 Å². The maximum Gasteiger partial charge on any atom is 0.0853 e. The van der Waals surface area contributed by atoms with Gasteiger partial charge in [-0.1, -0.05) is 6.42 Å². The highest BCUT2D eigenvalue weighted by Crippen LogP contribution is 2.39. The van der Waals surface area contributed by atoms with Crippen molar-refractivity contribution in [1.29, 1.82) is 0 Å². The third kappa shape index (κ3) is 1.69. The number of aromatic nitrogens is 1. The summed E-state index contributed by atoms with van der Waals surface area (Å²) in [6.07, 6.45) is 6.02. The molecule has 2 aliphatic rings. The van der Waals surface area contributed by atoms with Gasteiger partial charge in [0.2, 0.25) is 0 Å². The lowest BCUT2D eigenvalue weighted by Gasteiger charge is -2.19. The van der Waals surface area contributed by atoms with Crippen molar-refractivity contribution in [3.63, 3.8) is 0 Å². The van der Waals surface area contributed by atoms with E-state index < -0.39 is 0 Å². The van der Waals surface area contributed by atoms with E-state index in [1.807, 2.05) is 6.07 Å². The van der Waals surface area contributed by atoms with Gasteiger partial charge in [-0.25, -0.2) is 0 Å². The lowest BCUT2D eigenvalue weighted by molar-refractivity contribution is 0.277. The van der Waals surface area contributed by atoms with Crippen LogP contribution in [0.25, 0.3) is 0 Å². The molecule has 1 saturated heterocycles. The molecule has 2 heterocycles. The van der Waals surface area contributed by atoms with Crippen molar-refractivity contribution in [3.8, 4) is 0 Å². The Kier molecular flexibility index (Phi) is 2.56. The molecule has 1 aliphatic carbocycles. The molecule has 1 N–H and O–H groups in total. The molecule has 0 radical (unpaired) electrons. The van der Waals surface area contributed by atoms with E-state index in [1.54, 1.807) is 6.20 Å². The Morgan fingerprint density at radius 1 is 1.31 bits per heavy atom. The molecule has 1 aliphatic heterocycles. The van der Waals surface area contributed by atoms with Gasteiger partial charge in [0.1, 0.15) is 0 Å². The van der Waals surface area contributed by atoms with Gasteiger partial charge in [-0.05, 0) is 36.8 Å². The summed E-state index contributed by atoms with van der Waals surface area (Å²) in [7, 11) is 0. The molecule has 3 nitrogen and oxygen atoms in total. The molecule has 2 atom stereocenters. The number of hydrogen-bond donors (Lipinski definition) is 1. The lowest BCUT2D eigenvalue weighted by atomic mass is 10.0. The molecule has 86 valence electrons. The maximum absolute atomic E-state index is 9.09. The highest BCUT2D eigenvalue weighted by molar-refractivity contribution is 5.47.